The van der Waals surface area contributed by atoms with Crippen LogP contribution in [0.4, 0.5) is 0 Å². The maximum absolute atomic E-state index is 12.6. The van der Waals surface area contributed by atoms with Crippen molar-refractivity contribution in [3.05, 3.63) is 33.2 Å². The van der Waals surface area contributed by atoms with Gasteiger partial charge in [-0.3, -0.25) is 9.59 Å². The Morgan fingerprint density at radius 3 is 2.92 bits per heavy atom. The molecule has 3 aromatic rings. The number of aromatic nitrogens is 2. The third-order valence-corrected chi connectivity index (χ3v) is 7.33. The van der Waals surface area contributed by atoms with E-state index in [-0.39, 0.29) is 16.7 Å². The third-order valence-electron chi connectivity index (χ3n) is 4.57. The SMILES string of the molecule is C[C@H](Sc1nc2scc(-c3cccs3)c2c(=O)[nH]1)C(=O)NC1CCCC1. The van der Waals surface area contributed by atoms with Crippen LogP contribution in [0.5, 0.6) is 0 Å². The van der Waals surface area contributed by atoms with Crippen LogP contribution in [0.15, 0.2) is 32.8 Å². The molecule has 0 saturated heterocycles. The maximum atomic E-state index is 12.6. The highest BCUT2D eigenvalue weighted by Crippen LogP contribution is 2.34. The average molecular weight is 406 g/mol. The average Bonchev–Trinajstić information content (AvgIpc) is 3.35. The molecular weight excluding hydrogens is 386 g/mol. The van der Waals surface area contributed by atoms with Crippen molar-refractivity contribution in [1.29, 1.82) is 0 Å². The predicted molar refractivity (Wildman–Crippen MR) is 109 cm³/mol. The number of amides is 1. The molecule has 3 heterocycles. The second-order valence-corrected chi connectivity index (χ2v) is 9.56. The van der Waals surface area contributed by atoms with Crippen molar-refractivity contribution in [1.82, 2.24) is 15.3 Å². The number of nitrogens with one attached hydrogen (secondary N) is 2. The Labute approximate surface area is 163 Å². The number of carbonyl (C=O) groups excluding carboxylic acids is 1. The summed E-state index contributed by atoms with van der Waals surface area (Å²) in [5.74, 6) is 0.00935. The Bertz CT molecular complexity index is 971. The van der Waals surface area contributed by atoms with Crippen LogP contribution in [-0.4, -0.2) is 27.2 Å². The standard InChI is InChI=1S/C18H19N3O2S3/c1-10(15(22)19-11-5-2-3-6-11)26-18-20-16(23)14-12(9-25-17(14)21-18)13-7-4-8-24-13/h4,7-11H,2-3,5-6H2,1H3,(H,19,22)(H,20,21,23)/t10-/m0/s1. The molecule has 1 fully saturated rings. The number of H-pyrrole nitrogens is 1. The fourth-order valence-corrected chi connectivity index (χ4v) is 5.83. The van der Waals surface area contributed by atoms with Gasteiger partial charge in [0.1, 0.15) is 4.83 Å². The molecule has 0 radical (unpaired) electrons. The van der Waals surface area contributed by atoms with Gasteiger partial charge in [0.2, 0.25) is 5.91 Å². The van der Waals surface area contributed by atoms with E-state index in [1.807, 2.05) is 29.8 Å². The Hall–Kier alpha value is -1.64. The summed E-state index contributed by atoms with van der Waals surface area (Å²) >= 11 is 4.37. The summed E-state index contributed by atoms with van der Waals surface area (Å²) in [6, 6.07) is 4.27. The van der Waals surface area contributed by atoms with Crippen molar-refractivity contribution < 1.29 is 4.79 Å². The summed E-state index contributed by atoms with van der Waals surface area (Å²) in [7, 11) is 0. The molecule has 1 amide bonds. The highest BCUT2D eigenvalue weighted by molar-refractivity contribution is 8.00. The van der Waals surface area contributed by atoms with Crippen LogP contribution in [0.2, 0.25) is 0 Å². The lowest BCUT2D eigenvalue weighted by Gasteiger charge is -2.15. The van der Waals surface area contributed by atoms with Crippen molar-refractivity contribution in [2.45, 2.75) is 49.1 Å². The monoisotopic (exact) mass is 405 g/mol. The van der Waals surface area contributed by atoms with Gasteiger partial charge in [-0.1, -0.05) is 30.7 Å². The number of thiophene rings is 2. The number of hydrogen-bond acceptors (Lipinski definition) is 6. The first-order chi connectivity index (χ1) is 12.6. The number of nitrogens with zero attached hydrogens (tertiary/aromatic N) is 1. The third kappa shape index (κ3) is 3.58. The number of carbonyl (C=O) groups is 1. The van der Waals surface area contributed by atoms with Crippen LogP contribution in [0.25, 0.3) is 20.7 Å². The van der Waals surface area contributed by atoms with E-state index < -0.39 is 0 Å². The topological polar surface area (TPSA) is 74.8 Å². The first-order valence-electron chi connectivity index (χ1n) is 8.64. The summed E-state index contributed by atoms with van der Waals surface area (Å²) in [5, 5.41) is 7.90. The molecule has 1 saturated carbocycles. The molecule has 1 atom stereocenters. The van der Waals surface area contributed by atoms with Crippen LogP contribution in [0.3, 0.4) is 0 Å². The summed E-state index contributed by atoms with van der Waals surface area (Å²) in [5.41, 5.74) is 0.780. The molecule has 3 aromatic heterocycles. The van der Waals surface area contributed by atoms with E-state index in [2.05, 4.69) is 15.3 Å². The van der Waals surface area contributed by atoms with Gasteiger partial charge in [-0.25, -0.2) is 4.98 Å². The number of hydrogen-bond donors (Lipinski definition) is 2. The molecule has 2 N–H and O–H groups in total. The zero-order valence-corrected chi connectivity index (χ0v) is 16.7. The van der Waals surface area contributed by atoms with E-state index in [1.165, 1.54) is 35.9 Å². The lowest BCUT2D eigenvalue weighted by molar-refractivity contribution is -0.120. The maximum Gasteiger partial charge on any atom is 0.260 e. The van der Waals surface area contributed by atoms with E-state index in [4.69, 9.17) is 0 Å². The lowest BCUT2D eigenvalue weighted by atomic mass is 10.2. The van der Waals surface area contributed by atoms with Gasteiger partial charge in [0, 0.05) is 21.9 Å². The fraction of sp³-hybridized carbons (Fsp3) is 0.389. The van der Waals surface area contributed by atoms with Gasteiger partial charge in [-0.15, -0.1) is 22.7 Å². The molecule has 26 heavy (non-hydrogen) atoms. The molecule has 0 aliphatic heterocycles. The van der Waals surface area contributed by atoms with Crippen molar-refractivity contribution in [2.75, 3.05) is 0 Å². The summed E-state index contributed by atoms with van der Waals surface area (Å²) in [4.78, 5) is 34.2. The quantitative estimate of drug-likeness (QED) is 0.491. The van der Waals surface area contributed by atoms with Gasteiger partial charge >= 0.3 is 0 Å². The van der Waals surface area contributed by atoms with Gasteiger partial charge < -0.3 is 10.3 Å². The van der Waals surface area contributed by atoms with Crippen LogP contribution in [0.1, 0.15) is 32.6 Å². The Morgan fingerprint density at radius 1 is 1.38 bits per heavy atom. The minimum atomic E-state index is -0.298. The molecule has 0 bridgehead atoms. The van der Waals surface area contributed by atoms with Crippen molar-refractivity contribution in [3.63, 3.8) is 0 Å². The minimum Gasteiger partial charge on any atom is -0.352 e. The second-order valence-electron chi connectivity index (χ2n) is 6.43. The van der Waals surface area contributed by atoms with Crippen LogP contribution in [-0.2, 0) is 4.79 Å². The van der Waals surface area contributed by atoms with Crippen molar-refractivity contribution in [2.24, 2.45) is 0 Å². The van der Waals surface area contributed by atoms with Crippen LogP contribution >= 0.6 is 34.4 Å². The first-order valence-corrected chi connectivity index (χ1v) is 11.3. The van der Waals surface area contributed by atoms with Crippen LogP contribution in [0, 0.1) is 0 Å². The van der Waals surface area contributed by atoms with Gasteiger partial charge in [0.15, 0.2) is 5.16 Å². The molecule has 0 aromatic carbocycles. The number of fused-ring (bicyclic) bond motifs is 1. The molecule has 1 aliphatic carbocycles. The zero-order chi connectivity index (χ0) is 18.1. The van der Waals surface area contributed by atoms with Gasteiger partial charge in [-0.2, -0.15) is 0 Å². The predicted octanol–water partition coefficient (Wildman–Crippen LogP) is 4.25. The minimum absolute atomic E-state index is 0.00935. The normalized spacial score (nSPS) is 16.2. The molecule has 1 aliphatic rings. The lowest BCUT2D eigenvalue weighted by Crippen LogP contribution is -2.37. The molecule has 0 spiro atoms. The summed E-state index contributed by atoms with van der Waals surface area (Å²) in [6.45, 7) is 1.85. The molecule has 0 unspecified atom stereocenters. The number of thioether (sulfide) groups is 1. The molecule has 136 valence electrons. The van der Waals surface area contributed by atoms with E-state index >= 15 is 0 Å². The number of rotatable bonds is 5. The van der Waals surface area contributed by atoms with Gasteiger partial charge in [0.05, 0.1) is 10.6 Å². The smallest absolute Gasteiger partial charge is 0.260 e. The fourth-order valence-electron chi connectivity index (χ4n) is 3.21. The van der Waals surface area contributed by atoms with E-state index in [1.54, 1.807) is 11.3 Å². The summed E-state index contributed by atoms with van der Waals surface area (Å²) in [6.07, 6.45) is 4.49. The van der Waals surface area contributed by atoms with Gasteiger partial charge in [-0.05, 0) is 31.2 Å². The van der Waals surface area contributed by atoms with E-state index in [9.17, 15) is 9.59 Å². The Morgan fingerprint density at radius 2 is 2.19 bits per heavy atom. The molecule has 8 heteroatoms. The van der Waals surface area contributed by atoms with Gasteiger partial charge in [0.25, 0.3) is 5.56 Å². The Kier molecular flexibility index (Phi) is 5.15. The Balaban J connectivity index is 1.54. The highest BCUT2D eigenvalue weighted by Gasteiger charge is 2.22. The van der Waals surface area contributed by atoms with E-state index in [0.29, 0.717) is 21.4 Å². The molecular formula is C18H19N3O2S3. The molecule has 4 rings (SSSR count). The largest absolute Gasteiger partial charge is 0.352 e. The highest BCUT2D eigenvalue weighted by atomic mass is 32.2. The first kappa shape index (κ1) is 17.8. The second kappa shape index (κ2) is 7.54. The van der Waals surface area contributed by atoms with Crippen LogP contribution < -0.4 is 10.9 Å². The molecule has 5 nitrogen and oxygen atoms in total. The van der Waals surface area contributed by atoms with E-state index in [0.717, 1.165) is 23.3 Å². The van der Waals surface area contributed by atoms with Crippen molar-refractivity contribution >= 4 is 50.6 Å². The number of aromatic amines is 1. The zero-order valence-electron chi connectivity index (χ0n) is 14.3. The van der Waals surface area contributed by atoms with Crippen molar-refractivity contribution in [3.8, 4) is 10.4 Å². The summed E-state index contributed by atoms with van der Waals surface area (Å²) < 4.78 is 0.